The molecule has 4 heteroatoms. The number of rotatable bonds is 2. The molecule has 2 unspecified atom stereocenters. The Balaban J connectivity index is 2.40. The first-order chi connectivity index (χ1) is 7.54. The predicted octanol–water partition coefficient (Wildman–Crippen LogP) is 2.57. The van der Waals surface area contributed by atoms with E-state index >= 15 is 0 Å². The summed E-state index contributed by atoms with van der Waals surface area (Å²) < 4.78 is 0. The summed E-state index contributed by atoms with van der Waals surface area (Å²) in [6.07, 6.45) is 3.11. The fraction of sp³-hybridized carbons (Fsp3) is 0.500. The van der Waals surface area contributed by atoms with Gasteiger partial charge in [0.15, 0.2) is 0 Å². The molecule has 2 rings (SSSR count). The maximum atomic E-state index is 10.7. The van der Waals surface area contributed by atoms with Gasteiger partial charge < -0.3 is 5.73 Å². The van der Waals surface area contributed by atoms with Gasteiger partial charge in [0.1, 0.15) is 0 Å². The molecule has 0 aliphatic heterocycles. The number of nitro benzene ring substituents is 1. The molecule has 2 N–H and O–H groups in total. The van der Waals surface area contributed by atoms with E-state index < -0.39 is 0 Å². The third-order valence-electron chi connectivity index (χ3n) is 3.70. The van der Waals surface area contributed by atoms with Crippen molar-refractivity contribution in [2.45, 2.75) is 31.7 Å². The van der Waals surface area contributed by atoms with Crippen LogP contribution in [0.15, 0.2) is 24.3 Å². The van der Waals surface area contributed by atoms with Crippen LogP contribution in [0.2, 0.25) is 0 Å². The summed E-state index contributed by atoms with van der Waals surface area (Å²) >= 11 is 0. The lowest BCUT2D eigenvalue weighted by molar-refractivity contribution is -0.385. The van der Waals surface area contributed by atoms with Crippen molar-refractivity contribution in [3.8, 4) is 0 Å². The molecule has 0 saturated heterocycles. The summed E-state index contributed by atoms with van der Waals surface area (Å²) in [6, 6.07) is 6.73. The molecule has 0 aromatic heterocycles. The van der Waals surface area contributed by atoms with Crippen molar-refractivity contribution in [3.05, 3.63) is 39.9 Å². The van der Waals surface area contributed by atoms with Crippen LogP contribution in [0.1, 0.15) is 31.7 Å². The van der Waals surface area contributed by atoms with Crippen molar-refractivity contribution >= 4 is 5.69 Å². The second-order valence-corrected chi connectivity index (χ2v) is 4.64. The van der Waals surface area contributed by atoms with Gasteiger partial charge in [-0.1, -0.05) is 25.5 Å². The number of hydrogen-bond donors (Lipinski definition) is 1. The summed E-state index contributed by atoms with van der Waals surface area (Å²) in [5.41, 5.74) is 7.01. The number of hydrogen-bond acceptors (Lipinski definition) is 3. The average Bonchev–Trinajstić information content (AvgIpc) is 2.61. The van der Waals surface area contributed by atoms with E-state index in [1.54, 1.807) is 12.1 Å². The quantitative estimate of drug-likeness (QED) is 0.615. The maximum absolute atomic E-state index is 10.7. The maximum Gasteiger partial charge on any atom is 0.269 e. The smallest absolute Gasteiger partial charge is 0.269 e. The number of benzene rings is 1. The molecule has 0 spiro atoms. The molecule has 86 valence electrons. The number of non-ortho nitro benzene ring substituents is 1. The molecular formula is C12H16N2O2. The molecule has 1 aliphatic rings. The van der Waals surface area contributed by atoms with Gasteiger partial charge in [-0.25, -0.2) is 0 Å². The van der Waals surface area contributed by atoms with Gasteiger partial charge in [-0.15, -0.1) is 0 Å². The van der Waals surface area contributed by atoms with E-state index in [1.165, 1.54) is 6.07 Å². The van der Waals surface area contributed by atoms with Crippen LogP contribution in [-0.4, -0.2) is 4.92 Å². The zero-order valence-electron chi connectivity index (χ0n) is 9.35. The van der Waals surface area contributed by atoms with Crippen molar-refractivity contribution in [2.75, 3.05) is 0 Å². The third-order valence-corrected chi connectivity index (χ3v) is 3.70. The van der Waals surface area contributed by atoms with Crippen LogP contribution in [0.5, 0.6) is 0 Å². The molecule has 1 fully saturated rings. The van der Waals surface area contributed by atoms with Crippen molar-refractivity contribution in [1.82, 2.24) is 0 Å². The summed E-state index contributed by atoms with van der Waals surface area (Å²) in [5, 5.41) is 10.7. The highest BCUT2D eigenvalue weighted by Gasteiger charge is 2.38. The molecule has 16 heavy (non-hydrogen) atoms. The molecule has 1 aromatic rings. The van der Waals surface area contributed by atoms with Gasteiger partial charge in [-0.05, 0) is 24.3 Å². The Morgan fingerprint density at radius 3 is 2.88 bits per heavy atom. The summed E-state index contributed by atoms with van der Waals surface area (Å²) in [6.45, 7) is 2.12. The Hall–Kier alpha value is -1.42. The second kappa shape index (κ2) is 3.87. The zero-order chi connectivity index (χ0) is 11.8. The van der Waals surface area contributed by atoms with Crippen molar-refractivity contribution in [1.29, 1.82) is 0 Å². The Labute approximate surface area is 94.6 Å². The van der Waals surface area contributed by atoms with Crippen molar-refractivity contribution in [3.63, 3.8) is 0 Å². The summed E-state index contributed by atoms with van der Waals surface area (Å²) in [5.74, 6) is 0.384. The highest BCUT2D eigenvalue weighted by Crippen LogP contribution is 2.41. The molecule has 4 nitrogen and oxygen atoms in total. The van der Waals surface area contributed by atoms with E-state index in [-0.39, 0.29) is 16.1 Å². The predicted molar refractivity (Wildman–Crippen MR) is 62.0 cm³/mol. The van der Waals surface area contributed by atoms with Gasteiger partial charge in [0.2, 0.25) is 0 Å². The van der Waals surface area contributed by atoms with Crippen LogP contribution in [0.3, 0.4) is 0 Å². The molecule has 0 radical (unpaired) electrons. The first-order valence-corrected chi connectivity index (χ1v) is 5.58. The van der Waals surface area contributed by atoms with Gasteiger partial charge in [0, 0.05) is 17.7 Å². The van der Waals surface area contributed by atoms with Crippen LogP contribution in [0.4, 0.5) is 5.69 Å². The van der Waals surface area contributed by atoms with Crippen molar-refractivity contribution < 1.29 is 4.92 Å². The molecule has 1 aromatic carbocycles. The van der Waals surface area contributed by atoms with Crippen LogP contribution in [0, 0.1) is 16.0 Å². The minimum atomic E-state index is -0.383. The minimum absolute atomic E-state index is 0.126. The normalized spacial score (nSPS) is 29.2. The fourth-order valence-corrected chi connectivity index (χ4v) is 2.54. The number of nitrogens with two attached hydrogens (primary N) is 1. The first-order valence-electron chi connectivity index (χ1n) is 5.58. The molecule has 0 amide bonds. The third kappa shape index (κ3) is 1.69. The van der Waals surface area contributed by atoms with E-state index in [9.17, 15) is 10.1 Å². The van der Waals surface area contributed by atoms with E-state index in [0.29, 0.717) is 5.92 Å². The highest BCUT2D eigenvalue weighted by molar-refractivity contribution is 5.38. The Morgan fingerprint density at radius 2 is 2.31 bits per heavy atom. The molecule has 1 aliphatic carbocycles. The average molecular weight is 220 g/mol. The Kier molecular flexibility index (Phi) is 2.68. The lowest BCUT2D eigenvalue weighted by Crippen LogP contribution is -2.39. The van der Waals surface area contributed by atoms with E-state index in [2.05, 4.69) is 6.92 Å². The van der Waals surface area contributed by atoms with Gasteiger partial charge in [0.05, 0.1) is 4.92 Å². The Morgan fingerprint density at radius 1 is 1.56 bits per heavy atom. The Bertz CT molecular complexity index is 419. The largest absolute Gasteiger partial charge is 0.321 e. The SMILES string of the molecule is CC1CCCC1(N)c1cccc([N+](=O)[O-])c1. The number of nitro groups is 1. The van der Waals surface area contributed by atoms with Gasteiger partial charge in [0.25, 0.3) is 5.69 Å². The van der Waals surface area contributed by atoms with Gasteiger partial charge in [-0.3, -0.25) is 10.1 Å². The second-order valence-electron chi connectivity index (χ2n) is 4.64. The molecule has 0 bridgehead atoms. The highest BCUT2D eigenvalue weighted by atomic mass is 16.6. The van der Waals surface area contributed by atoms with Crippen LogP contribution in [0.25, 0.3) is 0 Å². The topological polar surface area (TPSA) is 69.2 Å². The van der Waals surface area contributed by atoms with E-state index in [0.717, 1.165) is 24.8 Å². The minimum Gasteiger partial charge on any atom is -0.321 e. The van der Waals surface area contributed by atoms with Crippen LogP contribution in [-0.2, 0) is 5.54 Å². The lowest BCUT2D eigenvalue weighted by Gasteiger charge is -2.29. The fourth-order valence-electron chi connectivity index (χ4n) is 2.54. The van der Waals surface area contributed by atoms with Crippen LogP contribution >= 0.6 is 0 Å². The summed E-state index contributed by atoms with van der Waals surface area (Å²) in [4.78, 5) is 10.4. The zero-order valence-corrected chi connectivity index (χ0v) is 9.35. The summed E-state index contributed by atoms with van der Waals surface area (Å²) in [7, 11) is 0. The van der Waals surface area contributed by atoms with Gasteiger partial charge >= 0.3 is 0 Å². The van der Waals surface area contributed by atoms with E-state index in [1.807, 2.05) is 6.07 Å². The van der Waals surface area contributed by atoms with E-state index in [4.69, 9.17) is 5.73 Å². The molecule has 1 saturated carbocycles. The molecule has 2 atom stereocenters. The lowest BCUT2D eigenvalue weighted by atomic mass is 9.82. The standard InChI is InChI=1S/C12H16N2O2/c1-9-4-3-7-12(9,13)10-5-2-6-11(8-10)14(15)16/h2,5-6,8-9H,3-4,7,13H2,1H3. The molecule has 0 heterocycles. The monoisotopic (exact) mass is 220 g/mol. The van der Waals surface area contributed by atoms with Crippen LogP contribution < -0.4 is 5.73 Å². The molecular weight excluding hydrogens is 204 g/mol. The first kappa shape index (κ1) is 11.1. The number of nitrogens with zero attached hydrogens (tertiary/aromatic N) is 1. The van der Waals surface area contributed by atoms with Crippen molar-refractivity contribution in [2.24, 2.45) is 11.7 Å². The van der Waals surface area contributed by atoms with Gasteiger partial charge in [-0.2, -0.15) is 0 Å².